The Morgan fingerprint density at radius 2 is 1.47 bits per heavy atom. The van der Waals surface area contributed by atoms with Gasteiger partial charge in [0, 0.05) is 11.4 Å². The first-order valence-corrected chi connectivity index (χ1v) is 10.2. The molecule has 0 aliphatic heterocycles. The van der Waals surface area contributed by atoms with Gasteiger partial charge in [0.2, 0.25) is 0 Å². The summed E-state index contributed by atoms with van der Waals surface area (Å²) in [4.78, 5) is 25.0. The van der Waals surface area contributed by atoms with Crippen molar-refractivity contribution in [3.05, 3.63) is 113 Å². The van der Waals surface area contributed by atoms with Crippen LogP contribution in [0.4, 0.5) is 0 Å². The summed E-state index contributed by atoms with van der Waals surface area (Å²) in [6.07, 6.45) is 3.85. The van der Waals surface area contributed by atoms with E-state index in [1.54, 1.807) is 24.3 Å². The van der Waals surface area contributed by atoms with E-state index in [0.29, 0.717) is 11.4 Å². The van der Waals surface area contributed by atoms with Crippen molar-refractivity contribution < 1.29 is 14.7 Å². The van der Waals surface area contributed by atoms with E-state index in [1.807, 2.05) is 72.8 Å². The van der Waals surface area contributed by atoms with Crippen LogP contribution >= 0.6 is 11.6 Å². The summed E-state index contributed by atoms with van der Waals surface area (Å²) in [6.45, 7) is 0. The minimum Gasteiger partial charge on any atom is -0.481 e. The van der Waals surface area contributed by atoms with Gasteiger partial charge in [-0.3, -0.25) is 9.59 Å². The molecule has 4 heteroatoms. The summed E-state index contributed by atoms with van der Waals surface area (Å²) in [5.74, 6) is -1.04. The Hall–Kier alpha value is -3.17. The third-order valence-electron chi connectivity index (χ3n) is 5.21. The maximum atomic E-state index is 13.6. The second-order valence-electron chi connectivity index (χ2n) is 7.25. The molecule has 1 atom stereocenters. The second kappa shape index (κ2) is 10.0. The molecule has 0 aromatic heterocycles. The van der Waals surface area contributed by atoms with Crippen molar-refractivity contribution in [1.82, 2.24) is 0 Å². The Morgan fingerprint density at radius 1 is 0.867 bits per heavy atom. The Bertz CT molecular complexity index is 1010. The molecular weight excluding hydrogens is 396 g/mol. The zero-order chi connectivity index (χ0) is 21.4. The molecule has 3 nitrogen and oxygen atoms in total. The number of aliphatic carboxylic acids is 1. The summed E-state index contributed by atoms with van der Waals surface area (Å²) >= 11 is 5.94. The van der Waals surface area contributed by atoms with Crippen LogP contribution in [-0.2, 0) is 21.4 Å². The molecule has 0 bridgehead atoms. The number of halogens is 1. The van der Waals surface area contributed by atoms with Crippen LogP contribution in [0.25, 0.3) is 6.08 Å². The van der Waals surface area contributed by atoms with Crippen molar-refractivity contribution in [3.63, 3.8) is 0 Å². The highest BCUT2D eigenvalue weighted by Crippen LogP contribution is 2.35. The summed E-state index contributed by atoms with van der Waals surface area (Å²) in [6, 6.07) is 26.4. The Labute approximate surface area is 181 Å². The number of allylic oxidation sites excluding steroid dienone is 1. The smallest absolute Gasteiger partial charge is 0.303 e. The molecule has 0 saturated carbocycles. The number of carbonyl (C=O) groups is 2. The van der Waals surface area contributed by atoms with Gasteiger partial charge in [-0.25, -0.2) is 0 Å². The molecule has 0 radical (unpaired) electrons. The lowest BCUT2D eigenvalue weighted by atomic mass is 9.69. The van der Waals surface area contributed by atoms with E-state index in [0.717, 1.165) is 16.7 Å². The van der Waals surface area contributed by atoms with Crippen molar-refractivity contribution in [2.75, 3.05) is 0 Å². The lowest BCUT2D eigenvalue weighted by molar-refractivity contribution is -0.137. The predicted molar refractivity (Wildman–Crippen MR) is 121 cm³/mol. The quantitative estimate of drug-likeness (QED) is 0.435. The SMILES string of the molecule is O=C(O)CCC(Cc1ccccc1)(C(=O)C=Cc1ccc(Cl)cc1)c1ccccc1. The number of hydrogen-bond acceptors (Lipinski definition) is 2. The zero-order valence-corrected chi connectivity index (χ0v) is 17.3. The van der Waals surface area contributed by atoms with Crippen LogP contribution in [-0.4, -0.2) is 16.9 Å². The Balaban J connectivity index is 2.04. The first-order chi connectivity index (χ1) is 14.5. The van der Waals surface area contributed by atoms with Crippen LogP contribution in [0.1, 0.15) is 29.5 Å². The van der Waals surface area contributed by atoms with Gasteiger partial charge in [-0.15, -0.1) is 0 Å². The van der Waals surface area contributed by atoms with Crippen molar-refractivity contribution in [2.24, 2.45) is 0 Å². The highest BCUT2D eigenvalue weighted by atomic mass is 35.5. The fraction of sp³-hybridized carbons (Fsp3) is 0.154. The number of hydrogen-bond donors (Lipinski definition) is 1. The predicted octanol–water partition coefficient (Wildman–Crippen LogP) is 5.97. The zero-order valence-electron chi connectivity index (χ0n) is 16.5. The normalized spacial score (nSPS) is 13.1. The third-order valence-corrected chi connectivity index (χ3v) is 5.46. The van der Waals surface area contributed by atoms with E-state index in [2.05, 4.69) is 0 Å². The van der Waals surface area contributed by atoms with Crippen LogP contribution in [0.5, 0.6) is 0 Å². The molecule has 0 saturated heterocycles. The molecule has 0 aliphatic carbocycles. The monoisotopic (exact) mass is 418 g/mol. The van der Waals surface area contributed by atoms with Crippen molar-refractivity contribution >= 4 is 29.4 Å². The van der Waals surface area contributed by atoms with Gasteiger partial charge < -0.3 is 5.11 Å². The fourth-order valence-corrected chi connectivity index (χ4v) is 3.74. The number of carboxylic acid groups (broad SMARTS) is 1. The lowest BCUT2D eigenvalue weighted by Gasteiger charge is -2.32. The minimum atomic E-state index is -0.968. The largest absolute Gasteiger partial charge is 0.481 e. The second-order valence-corrected chi connectivity index (χ2v) is 7.69. The first-order valence-electron chi connectivity index (χ1n) is 9.79. The lowest BCUT2D eigenvalue weighted by Crippen LogP contribution is -2.38. The van der Waals surface area contributed by atoms with E-state index in [9.17, 15) is 14.7 Å². The van der Waals surface area contributed by atoms with E-state index >= 15 is 0 Å². The van der Waals surface area contributed by atoms with Gasteiger partial charge in [0.1, 0.15) is 0 Å². The summed E-state index contributed by atoms with van der Waals surface area (Å²) < 4.78 is 0. The third kappa shape index (κ3) is 5.46. The van der Waals surface area contributed by atoms with Crippen LogP contribution in [0.2, 0.25) is 5.02 Å². The van der Waals surface area contributed by atoms with Gasteiger partial charge in [-0.05, 0) is 47.7 Å². The molecule has 0 amide bonds. The molecule has 3 rings (SSSR count). The molecule has 0 spiro atoms. The Kier molecular flexibility index (Phi) is 7.21. The highest BCUT2D eigenvalue weighted by Gasteiger charge is 2.39. The standard InChI is InChI=1S/C26H23ClO3/c27-23-14-11-20(12-15-23)13-16-24(28)26(18-17-25(29)30,22-9-5-2-6-10-22)19-21-7-3-1-4-8-21/h1-16H,17-19H2,(H,29,30). The molecule has 1 N–H and O–H groups in total. The molecule has 3 aromatic carbocycles. The fourth-order valence-electron chi connectivity index (χ4n) is 3.61. The molecule has 3 aromatic rings. The van der Waals surface area contributed by atoms with Gasteiger partial charge >= 0.3 is 5.97 Å². The number of carbonyl (C=O) groups excluding carboxylic acids is 1. The van der Waals surface area contributed by atoms with Crippen LogP contribution in [0.15, 0.2) is 91.0 Å². The van der Waals surface area contributed by atoms with Crippen molar-refractivity contribution in [3.8, 4) is 0 Å². The molecule has 0 heterocycles. The molecular formula is C26H23ClO3. The number of carboxylic acids is 1. The average Bonchev–Trinajstić information content (AvgIpc) is 2.77. The van der Waals surface area contributed by atoms with Gasteiger partial charge in [0.15, 0.2) is 5.78 Å². The molecule has 0 fully saturated rings. The maximum absolute atomic E-state index is 13.6. The van der Waals surface area contributed by atoms with Crippen molar-refractivity contribution in [1.29, 1.82) is 0 Å². The maximum Gasteiger partial charge on any atom is 0.303 e. The van der Waals surface area contributed by atoms with Gasteiger partial charge in [-0.2, -0.15) is 0 Å². The van der Waals surface area contributed by atoms with Gasteiger partial charge in [0.25, 0.3) is 0 Å². The van der Waals surface area contributed by atoms with E-state index in [-0.39, 0.29) is 18.6 Å². The van der Waals surface area contributed by atoms with Gasteiger partial charge in [0.05, 0.1) is 5.41 Å². The van der Waals surface area contributed by atoms with Crippen LogP contribution in [0, 0.1) is 0 Å². The van der Waals surface area contributed by atoms with Crippen LogP contribution < -0.4 is 0 Å². The topological polar surface area (TPSA) is 54.4 Å². The van der Waals surface area contributed by atoms with Gasteiger partial charge in [-0.1, -0.05) is 90.5 Å². The van der Waals surface area contributed by atoms with E-state index in [1.165, 1.54) is 0 Å². The minimum absolute atomic E-state index is 0.0950. The number of benzene rings is 3. The molecule has 30 heavy (non-hydrogen) atoms. The van der Waals surface area contributed by atoms with Crippen molar-refractivity contribution in [2.45, 2.75) is 24.7 Å². The Morgan fingerprint density at radius 3 is 2.07 bits per heavy atom. The molecule has 152 valence electrons. The molecule has 1 unspecified atom stereocenters. The number of rotatable bonds is 9. The van der Waals surface area contributed by atoms with Crippen LogP contribution in [0.3, 0.4) is 0 Å². The van der Waals surface area contributed by atoms with E-state index < -0.39 is 11.4 Å². The summed E-state index contributed by atoms with van der Waals surface area (Å²) in [7, 11) is 0. The highest BCUT2D eigenvalue weighted by molar-refractivity contribution is 6.30. The summed E-state index contributed by atoms with van der Waals surface area (Å²) in [5, 5.41) is 9.99. The van der Waals surface area contributed by atoms with E-state index in [4.69, 9.17) is 11.6 Å². The summed E-state index contributed by atoms with van der Waals surface area (Å²) in [5.41, 5.74) is 1.69. The molecule has 0 aliphatic rings. The average molecular weight is 419 g/mol. The first kappa shape index (κ1) is 21.5. The number of ketones is 1.